The summed E-state index contributed by atoms with van der Waals surface area (Å²) in [4.78, 5) is 27.1. The van der Waals surface area contributed by atoms with Crippen molar-refractivity contribution in [2.45, 2.75) is 19.8 Å². The van der Waals surface area contributed by atoms with Crippen molar-refractivity contribution in [2.24, 2.45) is 5.92 Å². The predicted molar refractivity (Wildman–Crippen MR) is 110 cm³/mol. The fourth-order valence-corrected chi connectivity index (χ4v) is 3.67. The fourth-order valence-electron chi connectivity index (χ4n) is 3.67. The third-order valence-electron chi connectivity index (χ3n) is 5.23. The number of nitrogens with zero attached hydrogens (tertiary/aromatic N) is 2. The molecule has 0 radical (unpaired) electrons. The van der Waals surface area contributed by atoms with E-state index in [4.69, 9.17) is 4.52 Å². The largest absolute Gasteiger partial charge is 0.361 e. The van der Waals surface area contributed by atoms with Crippen LogP contribution in [0.25, 0.3) is 11.1 Å². The van der Waals surface area contributed by atoms with E-state index >= 15 is 0 Å². The third kappa shape index (κ3) is 4.40. The summed E-state index contributed by atoms with van der Waals surface area (Å²) in [5, 5.41) is 6.73. The normalized spacial score (nSPS) is 16.3. The lowest BCUT2D eigenvalue weighted by atomic mass is 9.96. The van der Waals surface area contributed by atoms with Crippen LogP contribution in [0.5, 0.6) is 0 Å². The molecule has 2 aromatic carbocycles. The van der Waals surface area contributed by atoms with Crippen LogP contribution in [0.15, 0.2) is 59.1 Å². The minimum atomic E-state index is -0.301. The zero-order chi connectivity index (χ0) is 21.1. The van der Waals surface area contributed by atoms with Crippen molar-refractivity contribution in [1.82, 2.24) is 10.1 Å². The molecule has 1 N–H and O–H groups in total. The highest BCUT2D eigenvalue weighted by Gasteiger charge is 2.30. The predicted octanol–water partition coefficient (Wildman–Crippen LogP) is 4.28. The van der Waals surface area contributed by atoms with Crippen LogP contribution in [0.1, 0.15) is 29.1 Å². The molecule has 1 unspecified atom stereocenters. The Hall–Kier alpha value is -3.48. The van der Waals surface area contributed by atoms with Gasteiger partial charge in [-0.25, -0.2) is 4.39 Å². The van der Waals surface area contributed by atoms with E-state index in [0.717, 1.165) is 17.5 Å². The van der Waals surface area contributed by atoms with Gasteiger partial charge in [-0.3, -0.25) is 9.59 Å². The first-order chi connectivity index (χ1) is 14.5. The van der Waals surface area contributed by atoms with E-state index in [2.05, 4.69) is 10.5 Å². The maximum atomic E-state index is 13.2. The van der Waals surface area contributed by atoms with E-state index in [0.29, 0.717) is 31.0 Å². The Morgan fingerprint density at radius 1 is 1.13 bits per heavy atom. The lowest BCUT2D eigenvalue weighted by Crippen LogP contribution is -2.43. The quantitative estimate of drug-likeness (QED) is 0.700. The summed E-state index contributed by atoms with van der Waals surface area (Å²) in [6.07, 6.45) is 1.46. The van der Waals surface area contributed by atoms with Crippen LogP contribution in [0, 0.1) is 18.7 Å². The van der Waals surface area contributed by atoms with Crippen molar-refractivity contribution < 1.29 is 18.5 Å². The summed E-state index contributed by atoms with van der Waals surface area (Å²) in [6, 6.07) is 15.2. The number of benzene rings is 2. The third-order valence-corrected chi connectivity index (χ3v) is 5.23. The average molecular weight is 407 g/mol. The van der Waals surface area contributed by atoms with Gasteiger partial charge in [0, 0.05) is 24.8 Å². The van der Waals surface area contributed by atoms with Crippen LogP contribution in [-0.2, 0) is 4.79 Å². The van der Waals surface area contributed by atoms with Crippen molar-refractivity contribution in [3.63, 3.8) is 0 Å². The molecular weight excluding hydrogens is 385 g/mol. The molecule has 3 aromatic rings. The number of hydrogen-bond donors (Lipinski definition) is 1. The Kier molecular flexibility index (Phi) is 5.61. The van der Waals surface area contributed by atoms with Gasteiger partial charge < -0.3 is 14.7 Å². The second-order valence-corrected chi connectivity index (χ2v) is 7.49. The standard InChI is InChI=1S/C23H22FN3O3/c1-15-12-21(26-30-15)23(29)27-11-3-5-18(14-27)22(28)25-20-6-2-4-17(13-20)16-7-9-19(24)10-8-16/h2,4,6-10,12-13,18H,3,5,11,14H2,1H3,(H,25,28). The number of aromatic nitrogens is 1. The monoisotopic (exact) mass is 407 g/mol. The minimum Gasteiger partial charge on any atom is -0.361 e. The van der Waals surface area contributed by atoms with Gasteiger partial charge in [-0.2, -0.15) is 0 Å². The van der Waals surface area contributed by atoms with Crippen LogP contribution >= 0.6 is 0 Å². The number of halogens is 1. The van der Waals surface area contributed by atoms with E-state index in [1.165, 1.54) is 12.1 Å². The van der Waals surface area contributed by atoms with Crippen molar-refractivity contribution in [3.8, 4) is 11.1 Å². The van der Waals surface area contributed by atoms with Gasteiger partial charge in [0.25, 0.3) is 5.91 Å². The van der Waals surface area contributed by atoms with Gasteiger partial charge in [0.2, 0.25) is 5.91 Å². The first-order valence-corrected chi connectivity index (χ1v) is 9.89. The Morgan fingerprint density at radius 3 is 2.67 bits per heavy atom. The van der Waals surface area contributed by atoms with Gasteiger partial charge in [-0.1, -0.05) is 29.4 Å². The molecule has 0 saturated carbocycles. The van der Waals surface area contributed by atoms with E-state index in [1.807, 2.05) is 24.3 Å². The number of carbonyl (C=O) groups is 2. The van der Waals surface area contributed by atoms with Gasteiger partial charge in [0.05, 0.1) is 5.92 Å². The number of carbonyl (C=O) groups excluding carboxylic acids is 2. The number of piperidine rings is 1. The SMILES string of the molecule is Cc1cc(C(=O)N2CCCC(C(=O)Nc3cccc(-c4ccc(F)cc4)c3)C2)no1. The van der Waals surface area contributed by atoms with Crippen LogP contribution in [0.2, 0.25) is 0 Å². The van der Waals surface area contributed by atoms with Gasteiger partial charge in [-0.05, 0) is 55.2 Å². The first-order valence-electron chi connectivity index (χ1n) is 9.89. The van der Waals surface area contributed by atoms with Crippen LogP contribution < -0.4 is 5.32 Å². The Balaban J connectivity index is 1.43. The first kappa shape index (κ1) is 19.8. The number of amides is 2. The second kappa shape index (κ2) is 8.49. The highest BCUT2D eigenvalue weighted by atomic mass is 19.1. The maximum Gasteiger partial charge on any atom is 0.276 e. The van der Waals surface area contributed by atoms with E-state index in [9.17, 15) is 14.0 Å². The second-order valence-electron chi connectivity index (χ2n) is 7.49. The Labute approximate surface area is 173 Å². The summed E-state index contributed by atoms with van der Waals surface area (Å²) < 4.78 is 18.1. The molecule has 1 aromatic heterocycles. The van der Waals surface area contributed by atoms with E-state index in [-0.39, 0.29) is 29.2 Å². The molecule has 1 aliphatic rings. The summed E-state index contributed by atoms with van der Waals surface area (Å²) in [5.74, 6) is -0.362. The van der Waals surface area contributed by atoms with Crippen LogP contribution in [0.4, 0.5) is 10.1 Å². The topological polar surface area (TPSA) is 75.4 Å². The molecule has 0 aliphatic carbocycles. The van der Waals surface area contributed by atoms with Gasteiger partial charge >= 0.3 is 0 Å². The summed E-state index contributed by atoms with van der Waals surface area (Å²) >= 11 is 0. The Morgan fingerprint density at radius 2 is 1.93 bits per heavy atom. The average Bonchev–Trinajstić information content (AvgIpc) is 3.20. The molecule has 2 amide bonds. The number of likely N-dealkylation sites (tertiary alicyclic amines) is 1. The molecule has 1 aliphatic heterocycles. The molecule has 0 spiro atoms. The zero-order valence-electron chi connectivity index (χ0n) is 16.6. The number of hydrogen-bond acceptors (Lipinski definition) is 4. The summed E-state index contributed by atoms with van der Waals surface area (Å²) in [5.41, 5.74) is 2.68. The maximum absolute atomic E-state index is 13.2. The summed E-state index contributed by atoms with van der Waals surface area (Å²) in [7, 11) is 0. The van der Waals surface area contributed by atoms with Crippen molar-refractivity contribution >= 4 is 17.5 Å². The van der Waals surface area contributed by atoms with Crippen LogP contribution in [0.3, 0.4) is 0 Å². The molecular formula is C23H22FN3O3. The highest BCUT2D eigenvalue weighted by Crippen LogP contribution is 2.25. The number of aryl methyl sites for hydroxylation is 1. The Bertz CT molecular complexity index is 1060. The highest BCUT2D eigenvalue weighted by molar-refractivity contribution is 5.95. The molecule has 154 valence electrons. The molecule has 1 fully saturated rings. The lowest BCUT2D eigenvalue weighted by molar-refractivity contribution is -0.121. The molecule has 6 nitrogen and oxygen atoms in total. The molecule has 1 atom stereocenters. The van der Waals surface area contributed by atoms with Gasteiger partial charge in [0.15, 0.2) is 5.69 Å². The molecule has 1 saturated heterocycles. The molecule has 0 bridgehead atoms. The fraction of sp³-hybridized carbons (Fsp3) is 0.261. The lowest BCUT2D eigenvalue weighted by Gasteiger charge is -2.31. The van der Waals surface area contributed by atoms with Gasteiger partial charge in [-0.15, -0.1) is 0 Å². The molecule has 2 heterocycles. The van der Waals surface area contributed by atoms with Crippen LogP contribution in [-0.4, -0.2) is 35.0 Å². The van der Waals surface area contributed by atoms with Crippen molar-refractivity contribution in [1.29, 1.82) is 0 Å². The smallest absolute Gasteiger partial charge is 0.276 e. The van der Waals surface area contributed by atoms with Crippen molar-refractivity contribution in [2.75, 3.05) is 18.4 Å². The zero-order valence-corrected chi connectivity index (χ0v) is 16.6. The summed E-state index contributed by atoms with van der Waals surface area (Å²) in [6.45, 7) is 2.67. The number of nitrogens with one attached hydrogen (secondary N) is 1. The van der Waals surface area contributed by atoms with Gasteiger partial charge in [0.1, 0.15) is 11.6 Å². The minimum absolute atomic E-state index is 0.125. The number of rotatable bonds is 4. The van der Waals surface area contributed by atoms with Crippen molar-refractivity contribution in [3.05, 3.63) is 71.9 Å². The van der Waals surface area contributed by atoms with E-state index in [1.54, 1.807) is 30.0 Å². The molecule has 4 rings (SSSR count). The molecule has 30 heavy (non-hydrogen) atoms. The molecule has 7 heteroatoms. The number of anilines is 1. The van der Waals surface area contributed by atoms with E-state index < -0.39 is 0 Å².